The molecule has 29 heavy (non-hydrogen) atoms. The molecule has 4 aromatic rings. The lowest BCUT2D eigenvalue weighted by atomic mass is 10.1. The summed E-state index contributed by atoms with van der Waals surface area (Å²) in [5, 5.41) is 7.88. The first-order chi connectivity index (χ1) is 13.9. The number of benzene rings is 2. The monoisotopic (exact) mass is 401 g/mol. The summed E-state index contributed by atoms with van der Waals surface area (Å²) in [7, 11) is 1.55. The number of nitrogens with zero attached hydrogens (tertiary/aromatic N) is 5. The highest BCUT2D eigenvalue weighted by atomic mass is 19.4. The molecule has 0 saturated carbocycles. The largest absolute Gasteiger partial charge is 0.497 e. The Morgan fingerprint density at radius 1 is 1.10 bits per heavy atom. The van der Waals surface area contributed by atoms with Gasteiger partial charge in [-0.1, -0.05) is 17.3 Å². The lowest BCUT2D eigenvalue weighted by molar-refractivity contribution is -0.137. The van der Waals surface area contributed by atoms with Gasteiger partial charge in [-0.05, 0) is 42.0 Å². The Kier molecular flexibility index (Phi) is 4.53. The number of hydrogen-bond acceptors (Lipinski definition) is 5. The second-order valence-electron chi connectivity index (χ2n) is 6.25. The summed E-state index contributed by atoms with van der Waals surface area (Å²) in [6, 6.07) is 11.7. The first kappa shape index (κ1) is 18.7. The van der Waals surface area contributed by atoms with Crippen molar-refractivity contribution in [2.75, 3.05) is 7.11 Å². The zero-order valence-corrected chi connectivity index (χ0v) is 15.1. The summed E-state index contributed by atoms with van der Waals surface area (Å²) in [6.07, 6.45) is -3.18. The first-order valence-electron chi connectivity index (χ1n) is 8.48. The molecule has 0 bridgehead atoms. The summed E-state index contributed by atoms with van der Waals surface area (Å²) >= 11 is 0. The number of ether oxygens (including phenoxy) is 1. The average Bonchev–Trinajstić information content (AvgIpc) is 3.15. The molecule has 2 heterocycles. The highest BCUT2D eigenvalue weighted by Crippen LogP contribution is 2.29. The van der Waals surface area contributed by atoms with Gasteiger partial charge in [0.15, 0.2) is 11.2 Å². The smallest absolute Gasteiger partial charge is 0.416 e. The van der Waals surface area contributed by atoms with E-state index in [9.17, 15) is 18.0 Å². The number of halogens is 3. The summed E-state index contributed by atoms with van der Waals surface area (Å²) in [4.78, 5) is 17.0. The molecule has 10 heteroatoms. The van der Waals surface area contributed by atoms with Crippen LogP contribution >= 0.6 is 0 Å². The lowest BCUT2D eigenvalue weighted by Gasteiger charge is -2.10. The second-order valence-corrected chi connectivity index (χ2v) is 6.25. The quantitative estimate of drug-likeness (QED) is 0.526. The molecule has 0 aliphatic carbocycles. The minimum absolute atomic E-state index is 0.0234. The molecule has 0 N–H and O–H groups in total. The molecule has 0 amide bonds. The zero-order chi connectivity index (χ0) is 20.6. The van der Waals surface area contributed by atoms with E-state index in [4.69, 9.17) is 4.74 Å². The van der Waals surface area contributed by atoms with Crippen LogP contribution in [0.5, 0.6) is 5.75 Å². The molecule has 0 saturated heterocycles. The Bertz CT molecular complexity index is 1230. The van der Waals surface area contributed by atoms with E-state index < -0.39 is 17.3 Å². The summed E-state index contributed by atoms with van der Waals surface area (Å²) < 4.78 is 46.4. The summed E-state index contributed by atoms with van der Waals surface area (Å²) in [5.74, 6) is 0.662. The summed E-state index contributed by atoms with van der Waals surface area (Å²) in [5.41, 5.74) is -0.0353. The van der Waals surface area contributed by atoms with E-state index in [0.717, 1.165) is 12.1 Å². The van der Waals surface area contributed by atoms with Crippen LogP contribution in [0.1, 0.15) is 11.1 Å². The van der Waals surface area contributed by atoms with Crippen molar-refractivity contribution < 1.29 is 17.9 Å². The molecule has 0 radical (unpaired) electrons. The van der Waals surface area contributed by atoms with Crippen molar-refractivity contribution in [2.45, 2.75) is 12.7 Å². The molecule has 148 valence electrons. The van der Waals surface area contributed by atoms with E-state index in [1.54, 1.807) is 31.4 Å². The van der Waals surface area contributed by atoms with E-state index in [0.29, 0.717) is 17.0 Å². The number of hydrogen-bond donors (Lipinski definition) is 0. The third-order valence-corrected chi connectivity index (χ3v) is 4.35. The molecule has 0 unspecified atom stereocenters. The van der Waals surface area contributed by atoms with Crippen LogP contribution in [-0.4, -0.2) is 31.7 Å². The van der Waals surface area contributed by atoms with Gasteiger partial charge in [0, 0.05) is 0 Å². The molecule has 2 aromatic carbocycles. The Hall–Kier alpha value is -3.69. The Morgan fingerprint density at radius 2 is 1.86 bits per heavy atom. The Labute approximate surface area is 162 Å². The van der Waals surface area contributed by atoms with Crippen LogP contribution in [0.2, 0.25) is 0 Å². The van der Waals surface area contributed by atoms with Crippen LogP contribution in [0.3, 0.4) is 0 Å². The van der Waals surface area contributed by atoms with Crippen molar-refractivity contribution in [1.82, 2.24) is 24.5 Å². The van der Waals surface area contributed by atoms with Crippen LogP contribution in [-0.2, 0) is 12.7 Å². The molecular weight excluding hydrogens is 387 g/mol. The molecule has 7 nitrogen and oxygen atoms in total. The predicted molar refractivity (Wildman–Crippen MR) is 98.0 cm³/mol. The molecule has 0 aliphatic heterocycles. The maximum Gasteiger partial charge on any atom is 0.416 e. The van der Waals surface area contributed by atoms with Gasteiger partial charge in [0.25, 0.3) is 5.56 Å². The third-order valence-electron chi connectivity index (χ3n) is 4.35. The SMILES string of the molecule is COc1ccc(-n2nnc3c(=O)n(Cc4cccc(C(F)(F)F)c4)cnc32)cc1. The fourth-order valence-electron chi connectivity index (χ4n) is 2.90. The zero-order valence-electron chi connectivity index (χ0n) is 15.1. The van der Waals surface area contributed by atoms with Gasteiger partial charge in [-0.15, -0.1) is 5.10 Å². The van der Waals surface area contributed by atoms with Gasteiger partial charge in [0.05, 0.1) is 24.9 Å². The fourth-order valence-corrected chi connectivity index (χ4v) is 2.90. The van der Waals surface area contributed by atoms with Crippen LogP contribution < -0.4 is 10.3 Å². The average molecular weight is 401 g/mol. The van der Waals surface area contributed by atoms with Gasteiger partial charge in [0.2, 0.25) is 0 Å². The van der Waals surface area contributed by atoms with Gasteiger partial charge in [-0.25, -0.2) is 4.98 Å². The number of aromatic nitrogens is 5. The van der Waals surface area contributed by atoms with Crippen molar-refractivity contribution in [3.63, 3.8) is 0 Å². The van der Waals surface area contributed by atoms with Gasteiger partial charge in [-0.3, -0.25) is 9.36 Å². The highest BCUT2D eigenvalue weighted by Gasteiger charge is 2.30. The molecule has 2 aromatic heterocycles. The van der Waals surface area contributed by atoms with Gasteiger partial charge < -0.3 is 4.74 Å². The molecule has 0 aliphatic rings. The van der Waals surface area contributed by atoms with Gasteiger partial charge >= 0.3 is 6.18 Å². The molecule has 0 atom stereocenters. The topological polar surface area (TPSA) is 74.8 Å². The van der Waals surface area contributed by atoms with Crippen molar-refractivity contribution in [2.24, 2.45) is 0 Å². The standard InChI is InChI=1S/C19H14F3N5O2/c1-29-15-7-5-14(6-8-15)27-17-16(24-25-27)18(28)26(11-23-17)10-12-3-2-4-13(9-12)19(20,21)22/h2-9,11H,10H2,1H3. The maximum absolute atomic E-state index is 12.9. The number of fused-ring (bicyclic) bond motifs is 1. The van der Waals surface area contributed by atoms with E-state index in [1.165, 1.54) is 27.7 Å². The highest BCUT2D eigenvalue weighted by molar-refractivity contribution is 5.70. The van der Waals surface area contributed by atoms with E-state index >= 15 is 0 Å². The molecular formula is C19H14F3N5O2. The fraction of sp³-hybridized carbons (Fsp3) is 0.158. The van der Waals surface area contributed by atoms with E-state index in [2.05, 4.69) is 15.3 Å². The van der Waals surface area contributed by atoms with Crippen LogP contribution in [0.25, 0.3) is 16.9 Å². The number of rotatable bonds is 4. The van der Waals surface area contributed by atoms with Crippen molar-refractivity contribution in [3.8, 4) is 11.4 Å². The van der Waals surface area contributed by atoms with Gasteiger partial charge in [0.1, 0.15) is 12.1 Å². The van der Waals surface area contributed by atoms with E-state index in [1.807, 2.05) is 0 Å². The van der Waals surface area contributed by atoms with Crippen molar-refractivity contribution >= 4 is 11.2 Å². The molecule has 0 spiro atoms. The number of alkyl halides is 3. The minimum Gasteiger partial charge on any atom is -0.497 e. The first-order valence-corrected chi connectivity index (χ1v) is 8.48. The van der Waals surface area contributed by atoms with E-state index in [-0.39, 0.29) is 17.7 Å². The van der Waals surface area contributed by atoms with Crippen molar-refractivity contribution in [3.05, 3.63) is 76.3 Å². The van der Waals surface area contributed by atoms with Crippen LogP contribution in [0, 0.1) is 0 Å². The van der Waals surface area contributed by atoms with Gasteiger partial charge in [-0.2, -0.15) is 17.9 Å². The summed E-state index contributed by atoms with van der Waals surface area (Å²) in [6.45, 7) is -0.0684. The Morgan fingerprint density at radius 3 is 2.55 bits per heavy atom. The van der Waals surface area contributed by atoms with Crippen molar-refractivity contribution in [1.29, 1.82) is 0 Å². The molecule has 0 fully saturated rings. The minimum atomic E-state index is -4.45. The van der Waals surface area contributed by atoms with Crippen LogP contribution in [0.15, 0.2) is 59.7 Å². The second kappa shape index (κ2) is 7.04. The Balaban J connectivity index is 1.70. The normalized spacial score (nSPS) is 11.7. The lowest BCUT2D eigenvalue weighted by Crippen LogP contribution is -2.21. The maximum atomic E-state index is 12.9. The molecule has 4 rings (SSSR count). The number of methoxy groups -OCH3 is 1. The van der Waals surface area contributed by atoms with Crippen LogP contribution in [0.4, 0.5) is 13.2 Å². The third kappa shape index (κ3) is 3.56. The predicted octanol–water partition coefficient (Wildman–Crippen LogP) is 3.05.